The molecule has 4 nitrogen and oxygen atoms in total. The van der Waals surface area contributed by atoms with Gasteiger partial charge in [0.1, 0.15) is 28.5 Å². The van der Waals surface area contributed by atoms with Gasteiger partial charge >= 0.3 is 0 Å². The largest absolute Gasteiger partial charge is 0.756 e. The lowest BCUT2D eigenvalue weighted by Crippen LogP contribution is -2.38. The Balaban J connectivity index is 0.000000360. The zero-order valence-electron chi connectivity index (χ0n) is 18.1. The van der Waals surface area contributed by atoms with Crippen LogP contribution < -0.4 is 26.1 Å². The fourth-order valence-corrected chi connectivity index (χ4v) is 7.99. The van der Waals surface area contributed by atoms with Gasteiger partial charge in [0.25, 0.3) is 7.82 Å². The maximum absolute atomic E-state index is 9.95. The van der Waals surface area contributed by atoms with Crippen LogP contribution in [0, 0.1) is 0 Å². The molecule has 0 heterocycles. The fourth-order valence-electron chi connectivity index (χ4n) is 3.58. The number of hydrogen-bond donors (Lipinski definition) is 0. The van der Waals surface area contributed by atoms with Crippen molar-refractivity contribution in [2.45, 2.75) is 0 Å². The van der Waals surface area contributed by atoms with E-state index < -0.39 is 15.1 Å². The smallest absolute Gasteiger partial charge is 0.267 e. The first kappa shape index (κ1) is 24.1. The lowest BCUT2D eigenvalue weighted by atomic mass is 10.3. The van der Waals surface area contributed by atoms with E-state index in [1.54, 1.807) is 0 Å². The van der Waals surface area contributed by atoms with Gasteiger partial charge in [0.15, 0.2) is 0 Å². The molecule has 0 spiro atoms. The molecule has 0 atom stereocenters. The molecule has 0 aliphatic heterocycles. The molecule has 0 N–H and O–H groups in total. The summed E-state index contributed by atoms with van der Waals surface area (Å²) in [6, 6.07) is 43.8. The van der Waals surface area contributed by atoms with Crippen LogP contribution in [0.5, 0.6) is 0 Å². The molecule has 4 rings (SSSR count). The molecule has 0 amide bonds. The van der Waals surface area contributed by atoms with Crippen LogP contribution in [0.3, 0.4) is 0 Å². The summed E-state index contributed by atoms with van der Waals surface area (Å²) in [5, 5.41) is 5.55. The van der Waals surface area contributed by atoms with Crippen LogP contribution in [-0.2, 0) is 13.6 Å². The minimum atomic E-state index is -3.90. The second kappa shape index (κ2) is 11.3. The topological polar surface area (TPSA) is 58.6 Å². The molecule has 4 aromatic carbocycles. The number of phosphoric acid groups is 1. The van der Waals surface area contributed by atoms with Gasteiger partial charge in [-0.05, 0) is 48.5 Å². The van der Waals surface area contributed by atoms with Crippen LogP contribution in [0.25, 0.3) is 0 Å². The molecule has 0 unspecified atom stereocenters. The molecule has 0 fully saturated rings. The van der Waals surface area contributed by atoms with Crippen LogP contribution in [0.4, 0.5) is 0 Å². The molecule has 6 heteroatoms. The summed E-state index contributed by atoms with van der Waals surface area (Å²) >= 11 is 0. The Morgan fingerprint density at radius 2 is 0.750 bits per heavy atom. The van der Waals surface area contributed by atoms with E-state index in [0.29, 0.717) is 0 Å². The lowest BCUT2D eigenvalue weighted by molar-refractivity contribution is -0.220. The predicted molar refractivity (Wildman–Crippen MR) is 133 cm³/mol. The summed E-state index contributed by atoms with van der Waals surface area (Å²) in [6.07, 6.45) is 0. The first-order valence-electron chi connectivity index (χ1n) is 10.1. The highest BCUT2D eigenvalue weighted by Gasteiger charge is 2.47. The minimum absolute atomic E-state index is 1.04. The third kappa shape index (κ3) is 5.42. The van der Waals surface area contributed by atoms with Crippen molar-refractivity contribution in [3.63, 3.8) is 0 Å². The van der Waals surface area contributed by atoms with Crippen LogP contribution >= 0.6 is 15.1 Å². The van der Waals surface area contributed by atoms with E-state index in [1.807, 2.05) is 0 Å². The van der Waals surface area contributed by atoms with E-state index in [4.69, 9.17) is 0 Å². The van der Waals surface area contributed by atoms with Crippen molar-refractivity contribution in [1.29, 1.82) is 0 Å². The average Bonchev–Trinajstić information content (AvgIpc) is 2.88. The maximum atomic E-state index is 9.95. The molecule has 0 bridgehead atoms. The number of rotatable bonds is 6. The summed E-state index contributed by atoms with van der Waals surface area (Å²) in [4.78, 5) is 9.95. The molecule has 32 heavy (non-hydrogen) atoms. The SMILES string of the molecule is COP(=O)([O-])OC.c1ccc([P+](c2ccccc2)(c2ccccc2)c2ccccc2)cc1. The van der Waals surface area contributed by atoms with Gasteiger partial charge in [0, 0.05) is 14.2 Å². The normalized spacial score (nSPS) is 11.3. The Morgan fingerprint density at radius 3 is 0.906 bits per heavy atom. The van der Waals surface area contributed by atoms with E-state index >= 15 is 0 Å². The molecule has 0 saturated heterocycles. The van der Waals surface area contributed by atoms with Gasteiger partial charge in [0.2, 0.25) is 0 Å². The van der Waals surface area contributed by atoms with Crippen molar-refractivity contribution in [2.24, 2.45) is 0 Å². The molecule has 0 aliphatic rings. The summed E-state index contributed by atoms with van der Waals surface area (Å²) in [5.74, 6) is 0. The summed E-state index contributed by atoms with van der Waals surface area (Å²) in [7, 11) is -3.73. The Hall–Kier alpha value is -2.58. The molecule has 0 aromatic heterocycles. The highest BCUT2D eigenvalue weighted by Crippen LogP contribution is 2.53. The minimum Gasteiger partial charge on any atom is -0.756 e. The van der Waals surface area contributed by atoms with E-state index in [2.05, 4.69) is 130 Å². The van der Waals surface area contributed by atoms with Gasteiger partial charge < -0.3 is 13.9 Å². The van der Waals surface area contributed by atoms with Crippen LogP contribution in [0.1, 0.15) is 0 Å². The quantitative estimate of drug-likeness (QED) is 0.404. The van der Waals surface area contributed by atoms with Crippen molar-refractivity contribution in [3.05, 3.63) is 121 Å². The van der Waals surface area contributed by atoms with E-state index in [9.17, 15) is 9.46 Å². The van der Waals surface area contributed by atoms with Crippen molar-refractivity contribution in [1.82, 2.24) is 0 Å². The Bertz CT molecular complexity index is 950. The summed E-state index contributed by atoms with van der Waals surface area (Å²) < 4.78 is 17.7. The van der Waals surface area contributed by atoms with Gasteiger partial charge in [-0.2, -0.15) is 0 Å². The predicted octanol–water partition coefficient (Wildman–Crippen LogP) is 4.05. The maximum Gasteiger partial charge on any atom is 0.267 e. The van der Waals surface area contributed by atoms with Gasteiger partial charge in [-0.1, -0.05) is 72.8 Å². The number of benzene rings is 4. The Kier molecular flexibility index (Phi) is 8.53. The summed E-state index contributed by atoms with van der Waals surface area (Å²) in [6.45, 7) is 0. The van der Waals surface area contributed by atoms with E-state index in [1.165, 1.54) is 21.2 Å². The average molecular weight is 464 g/mol. The highest BCUT2D eigenvalue weighted by molar-refractivity contribution is 8.01. The van der Waals surface area contributed by atoms with Crippen LogP contribution in [0.2, 0.25) is 0 Å². The third-order valence-corrected chi connectivity index (χ3v) is 10.2. The Labute approximate surface area is 190 Å². The van der Waals surface area contributed by atoms with Gasteiger partial charge in [0.05, 0.1) is 0 Å². The standard InChI is InChI=1S/C24H20P.C2H7O4P/c1-5-13-21(14-6-1)25(22-15-7-2-8-16-22,23-17-9-3-10-18-23)24-19-11-4-12-20-24;1-5-7(3,4)6-2/h1-20H;1-2H3,(H,3,4)/q+1;/p-1. The Morgan fingerprint density at radius 1 is 0.531 bits per heavy atom. The molecule has 164 valence electrons. The lowest BCUT2D eigenvalue weighted by Gasteiger charge is -2.27. The van der Waals surface area contributed by atoms with Crippen LogP contribution in [0.15, 0.2) is 121 Å². The molecule has 0 saturated carbocycles. The molecule has 0 radical (unpaired) electrons. The van der Waals surface area contributed by atoms with E-state index in [0.717, 1.165) is 14.2 Å². The van der Waals surface area contributed by atoms with E-state index in [-0.39, 0.29) is 0 Å². The second-order valence-electron chi connectivity index (χ2n) is 6.83. The van der Waals surface area contributed by atoms with Gasteiger partial charge in [-0.15, -0.1) is 0 Å². The summed E-state index contributed by atoms with van der Waals surface area (Å²) in [5.41, 5.74) is 0. The van der Waals surface area contributed by atoms with Crippen molar-refractivity contribution in [2.75, 3.05) is 14.2 Å². The van der Waals surface area contributed by atoms with Gasteiger partial charge in [-0.3, -0.25) is 4.57 Å². The van der Waals surface area contributed by atoms with Crippen molar-refractivity contribution < 1.29 is 18.5 Å². The first-order chi connectivity index (χ1) is 15.5. The molecule has 4 aromatic rings. The second-order valence-corrected chi connectivity index (χ2v) is 11.9. The zero-order chi connectivity index (χ0) is 22.9. The highest BCUT2D eigenvalue weighted by atomic mass is 31.2. The molecular weight excluding hydrogens is 438 g/mol. The molecule has 0 aliphatic carbocycles. The van der Waals surface area contributed by atoms with Crippen LogP contribution in [-0.4, -0.2) is 14.2 Å². The fraction of sp³-hybridized carbons (Fsp3) is 0.0769. The van der Waals surface area contributed by atoms with Crippen molar-refractivity contribution in [3.8, 4) is 0 Å². The number of phosphoric ester groups is 1. The zero-order valence-corrected chi connectivity index (χ0v) is 19.9. The first-order valence-corrected chi connectivity index (χ1v) is 13.3. The third-order valence-electron chi connectivity index (χ3n) is 5.02. The van der Waals surface area contributed by atoms with Crippen molar-refractivity contribution >= 4 is 36.3 Å². The van der Waals surface area contributed by atoms with Gasteiger partial charge in [-0.25, -0.2) is 0 Å². The molecular formula is C26H26O4P2. The monoisotopic (exact) mass is 464 g/mol. The number of hydrogen-bond acceptors (Lipinski definition) is 4.